The molecule has 1 aliphatic heterocycles. The molecule has 0 amide bonds. The number of aromatic nitrogens is 2. The molecule has 6 rings (SSSR count). The van der Waals surface area contributed by atoms with E-state index in [1.807, 2.05) is 30.5 Å². The molecule has 0 spiro atoms. The van der Waals surface area contributed by atoms with Crippen molar-refractivity contribution in [3.8, 4) is 34.0 Å². The number of nitrogens with zero attached hydrogens (tertiary/aromatic N) is 2. The third-order valence-corrected chi connectivity index (χ3v) is 10.1. The van der Waals surface area contributed by atoms with Crippen molar-refractivity contribution >= 4 is 40.9 Å². The minimum absolute atomic E-state index is 0.970. The fraction of sp³-hybridized carbons (Fsp3) is 0. The molecule has 2 aromatic heterocycles. The monoisotopic (exact) mass is 581 g/mol. The van der Waals surface area contributed by atoms with Crippen LogP contribution < -0.4 is 11.2 Å². The predicted molar refractivity (Wildman–Crippen MR) is 122 cm³/mol. The summed E-state index contributed by atoms with van der Waals surface area (Å²) in [5.74, 6) is 1.94. The van der Waals surface area contributed by atoms with Gasteiger partial charge in [0.1, 0.15) is 0 Å². The molecular formula is C26H16N2OPo. The Hall–Kier alpha value is -3.08. The minimum atomic E-state index is -1.11. The van der Waals surface area contributed by atoms with Crippen LogP contribution >= 0.6 is 0 Å². The summed E-state index contributed by atoms with van der Waals surface area (Å²) < 4.78 is 9.04. The van der Waals surface area contributed by atoms with Gasteiger partial charge in [0, 0.05) is 0 Å². The van der Waals surface area contributed by atoms with Gasteiger partial charge in [-0.25, -0.2) is 0 Å². The van der Waals surface area contributed by atoms with Gasteiger partial charge in [-0.3, -0.25) is 0 Å². The van der Waals surface area contributed by atoms with E-state index in [1.165, 1.54) is 17.6 Å². The van der Waals surface area contributed by atoms with Crippen molar-refractivity contribution in [2.45, 2.75) is 0 Å². The Labute approximate surface area is 186 Å². The molecule has 0 N–H and O–H groups in total. The molecule has 3 aromatic carbocycles. The van der Waals surface area contributed by atoms with Crippen molar-refractivity contribution in [3.63, 3.8) is 0 Å². The molecule has 0 saturated heterocycles. The average Bonchev–Trinajstić information content (AvgIpc) is 2.82. The summed E-state index contributed by atoms with van der Waals surface area (Å²) >= 11 is -1.11. The van der Waals surface area contributed by atoms with Gasteiger partial charge in [0.05, 0.1) is 0 Å². The molecule has 0 radical (unpaired) electrons. The summed E-state index contributed by atoms with van der Waals surface area (Å²) in [6, 6.07) is 31.2. The molecule has 0 unspecified atom stereocenters. The fourth-order valence-corrected chi connectivity index (χ4v) is 8.39. The van der Waals surface area contributed by atoms with Gasteiger partial charge < -0.3 is 0 Å². The zero-order chi connectivity index (χ0) is 19.9. The van der Waals surface area contributed by atoms with Crippen molar-refractivity contribution in [1.29, 1.82) is 0 Å². The zero-order valence-electron chi connectivity index (χ0n) is 15.9. The van der Waals surface area contributed by atoms with Crippen molar-refractivity contribution < 1.29 is 4.74 Å². The molecule has 0 saturated carbocycles. The van der Waals surface area contributed by atoms with Crippen molar-refractivity contribution in [2.75, 3.05) is 0 Å². The van der Waals surface area contributed by atoms with Gasteiger partial charge in [-0.1, -0.05) is 0 Å². The van der Waals surface area contributed by atoms with Gasteiger partial charge in [-0.15, -0.1) is 0 Å². The summed E-state index contributed by atoms with van der Waals surface area (Å²) in [7, 11) is 0. The first-order valence-electron chi connectivity index (χ1n) is 9.76. The molecule has 3 nitrogen and oxygen atoms in total. The topological polar surface area (TPSA) is 35.0 Å². The van der Waals surface area contributed by atoms with Gasteiger partial charge >= 0.3 is 187 Å². The SMILES string of the molecule is c1ccc(-c2cccc3[c]2[Po][c]2c(cccc2-c2ccc4ccccc4n2)O3)nc1. The molecular weight excluding hydrogens is 565 g/mol. The van der Waals surface area contributed by atoms with Gasteiger partial charge in [-0.05, 0) is 0 Å². The maximum atomic E-state index is 6.38. The summed E-state index contributed by atoms with van der Waals surface area (Å²) in [6.45, 7) is 0. The predicted octanol–water partition coefficient (Wildman–Crippen LogP) is 4.72. The molecule has 5 aromatic rings. The van der Waals surface area contributed by atoms with Crippen molar-refractivity contribution in [2.24, 2.45) is 0 Å². The number of para-hydroxylation sites is 1. The van der Waals surface area contributed by atoms with E-state index in [4.69, 9.17) is 9.72 Å². The van der Waals surface area contributed by atoms with Crippen LogP contribution in [0.5, 0.6) is 11.5 Å². The van der Waals surface area contributed by atoms with E-state index in [-0.39, 0.29) is 0 Å². The third-order valence-electron chi connectivity index (χ3n) is 5.20. The number of hydrogen-bond donors (Lipinski definition) is 0. The first kappa shape index (κ1) is 17.7. The second kappa shape index (κ2) is 7.31. The van der Waals surface area contributed by atoms with Crippen LogP contribution in [0.3, 0.4) is 0 Å². The molecule has 0 fully saturated rings. The van der Waals surface area contributed by atoms with E-state index in [0.29, 0.717) is 0 Å². The summed E-state index contributed by atoms with van der Waals surface area (Å²) in [5, 5.41) is 1.16. The Kier molecular flexibility index (Phi) is 4.32. The Bertz CT molecular complexity index is 1400. The summed E-state index contributed by atoms with van der Waals surface area (Å²) in [5.41, 5.74) is 5.40. The van der Waals surface area contributed by atoms with Crippen LogP contribution in [0.2, 0.25) is 0 Å². The first-order chi connectivity index (χ1) is 14.9. The Morgan fingerprint density at radius 1 is 0.600 bits per heavy atom. The van der Waals surface area contributed by atoms with Crippen molar-refractivity contribution in [1.82, 2.24) is 9.97 Å². The van der Waals surface area contributed by atoms with Crippen LogP contribution in [0.4, 0.5) is 0 Å². The van der Waals surface area contributed by atoms with Gasteiger partial charge in [0.25, 0.3) is 0 Å². The van der Waals surface area contributed by atoms with Gasteiger partial charge in [0.2, 0.25) is 0 Å². The summed E-state index contributed by atoms with van der Waals surface area (Å²) in [6.07, 6.45) is 1.85. The maximum absolute atomic E-state index is 6.38. The molecule has 30 heavy (non-hydrogen) atoms. The molecule has 0 atom stereocenters. The van der Waals surface area contributed by atoms with Crippen LogP contribution in [0, 0.1) is 0 Å². The molecule has 142 valence electrons. The van der Waals surface area contributed by atoms with E-state index in [0.717, 1.165) is 33.8 Å². The van der Waals surface area contributed by atoms with E-state index >= 15 is 0 Å². The quantitative estimate of drug-likeness (QED) is 0.297. The Balaban J connectivity index is 1.50. The number of hydrogen-bond acceptors (Lipinski definition) is 3. The van der Waals surface area contributed by atoms with E-state index in [1.54, 1.807) is 0 Å². The standard InChI is InChI=1S/C26H16N2O.Po/c1-2-13-25-19(7-1)14-15-26(28-25)21-9-6-11-23(18-21)29-22-10-5-8-20(17-22)24-12-3-4-16-27-24;/h1-16H;. The Morgan fingerprint density at radius 2 is 1.33 bits per heavy atom. The molecule has 0 aliphatic carbocycles. The van der Waals surface area contributed by atoms with Crippen molar-refractivity contribution in [3.05, 3.63) is 97.2 Å². The molecule has 3 heterocycles. The fourth-order valence-electron chi connectivity index (χ4n) is 3.77. The molecule has 1 aliphatic rings. The number of ether oxygens (including phenoxy) is 1. The second-order valence-electron chi connectivity index (χ2n) is 7.07. The second-order valence-corrected chi connectivity index (χ2v) is 11.0. The van der Waals surface area contributed by atoms with Crippen LogP contribution in [0.25, 0.3) is 33.4 Å². The molecule has 0 bridgehead atoms. The van der Waals surface area contributed by atoms with Crippen LogP contribution in [-0.2, 0) is 0 Å². The third kappa shape index (κ3) is 3.00. The van der Waals surface area contributed by atoms with Crippen LogP contribution in [-0.4, -0.2) is 33.5 Å². The van der Waals surface area contributed by atoms with E-state index < -0.39 is 23.6 Å². The van der Waals surface area contributed by atoms with Gasteiger partial charge in [0.15, 0.2) is 0 Å². The normalized spacial score (nSPS) is 12.1. The average molecular weight is 581 g/mol. The molecule has 4 heteroatoms. The van der Waals surface area contributed by atoms with E-state index in [9.17, 15) is 0 Å². The number of rotatable bonds is 2. The number of pyridine rings is 2. The summed E-state index contributed by atoms with van der Waals surface area (Å²) in [4.78, 5) is 9.54. The zero-order valence-corrected chi connectivity index (χ0v) is 19.1. The van der Waals surface area contributed by atoms with Crippen LogP contribution in [0.15, 0.2) is 97.2 Å². The van der Waals surface area contributed by atoms with E-state index in [2.05, 4.69) is 71.7 Å². The Morgan fingerprint density at radius 3 is 2.10 bits per heavy atom. The first-order valence-corrected chi connectivity index (χ1v) is 12.9. The van der Waals surface area contributed by atoms with Crippen LogP contribution in [0.1, 0.15) is 0 Å². The number of fused-ring (bicyclic) bond motifs is 3. The van der Waals surface area contributed by atoms with Gasteiger partial charge in [-0.2, -0.15) is 0 Å². The number of benzene rings is 3.